The number of hydrogen-bond acceptors (Lipinski definition) is 4. The van der Waals surface area contributed by atoms with E-state index < -0.39 is 0 Å². The molecule has 0 unspecified atom stereocenters. The fraction of sp³-hybridized carbons (Fsp3) is 0.429. The van der Waals surface area contributed by atoms with Gasteiger partial charge in [-0.15, -0.1) is 0 Å². The van der Waals surface area contributed by atoms with Crippen molar-refractivity contribution >= 4 is 23.1 Å². The molecule has 0 bridgehead atoms. The molecule has 0 saturated heterocycles. The molecular formula is C28H36N2O3. The number of anilines is 1. The Morgan fingerprint density at radius 3 is 2.09 bits per heavy atom. The summed E-state index contributed by atoms with van der Waals surface area (Å²) in [5, 5.41) is 0. The fourth-order valence-electron chi connectivity index (χ4n) is 4.29. The Hall–Kier alpha value is -3.08. The van der Waals surface area contributed by atoms with Crippen molar-refractivity contribution in [2.45, 2.75) is 59.3 Å². The predicted octanol–water partition coefficient (Wildman–Crippen LogP) is 6.05. The van der Waals surface area contributed by atoms with Gasteiger partial charge >= 0.3 is 0 Å². The second-order valence-electron chi connectivity index (χ2n) is 8.29. The van der Waals surface area contributed by atoms with Crippen LogP contribution in [0, 0.1) is 0 Å². The van der Waals surface area contributed by atoms with Crippen molar-refractivity contribution in [3.63, 3.8) is 0 Å². The van der Waals surface area contributed by atoms with Gasteiger partial charge in [0.1, 0.15) is 11.4 Å². The number of imide groups is 1. The smallest absolute Gasteiger partial charge is 0.278 e. The molecule has 2 aromatic carbocycles. The van der Waals surface area contributed by atoms with Crippen LogP contribution in [0.4, 0.5) is 5.69 Å². The van der Waals surface area contributed by atoms with E-state index in [-0.39, 0.29) is 11.8 Å². The van der Waals surface area contributed by atoms with Gasteiger partial charge in [-0.05, 0) is 50.1 Å². The van der Waals surface area contributed by atoms with Gasteiger partial charge in [0.25, 0.3) is 11.8 Å². The summed E-state index contributed by atoms with van der Waals surface area (Å²) in [5.41, 5.74) is 2.58. The van der Waals surface area contributed by atoms with Crippen LogP contribution in [0.25, 0.3) is 5.57 Å². The average Bonchev–Trinajstić information content (AvgIpc) is 3.08. The average molecular weight is 449 g/mol. The van der Waals surface area contributed by atoms with Crippen LogP contribution in [0.2, 0.25) is 0 Å². The number of likely N-dealkylation sites (N-methyl/N-ethyl adjacent to an activating group) is 1. The molecule has 2 amide bonds. The molecule has 0 spiro atoms. The highest BCUT2D eigenvalue weighted by Crippen LogP contribution is 2.35. The third-order valence-corrected chi connectivity index (χ3v) is 5.99. The maximum Gasteiger partial charge on any atom is 0.278 e. The maximum absolute atomic E-state index is 13.6. The molecule has 33 heavy (non-hydrogen) atoms. The van der Waals surface area contributed by atoms with Crippen LogP contribution in [-0.2, 0) is 9.59 Å². The number of hydrogen-bond donors (Lipinski definition) is 0. The molecule has 5 nitrogen and oxygen atoms in total. The van der Waals surface area contributed by atoms with Crippen molar-refractivity contribution in [3.8, 4) is 5.75 Å². The summed E-state index contributed by atoms with van der Waals surface area (Å²) >= 11 is 0. The van der Waals surface area contributed by atoms with E-state index in [4.69, 9.17) is 4.74 Å². The monoisotopic (exact) mass is 448 g/mol. The summed E-state index contributed by atoms with van der Waals surface area (Å²) in [6.45, 7) is 7.76. The number of amides is 2. The minimum atomic E-state index is -0.206. The molecule has 0 aliphatic carbocycles. The van der Waals surface area contributed by atoms with E-state index in [2.05, 4.69) is 6.92 Å². The Morgan fingerprint density at radius 1 is 0.788 bits per heavy atom. The van der Waals surface area contributed by atoms with E-state index in [9.17, 15) is 9.59 Å². The second-order valence-corrected chi connectivity index (χ2v) is 8.29. The Labute approximate surface area is 198 Å². The Morgan fingerprint density at radius 2 is 1.45 bits per heavy atom. The highest BCUT2D eigenvalue weighted by molar-refractivity contribution is 6.36. The highest BCUT2D eigenvalue weighted by Gasteiger charge is 2.41. The normalized spacial score (nSPS) is 13.7. The highest BCUT2D eigenvalue weighted by atomic mass is 16.5. The van der Waals surface area contributed by atoms with Crippen LogP contribution in [0.15, 0.2) is 60.3 Å². The Bertz CT molecular complexity index is 951. The largest absolute Gasteiger partial charge is 0.494 e. The summed E-state index contributed by atoms with van der Waals surface area (Å²) in [6.07, 6.45) is 6.65. The van der Waals surface area contributed by atoms with E-state index in [0.717, 1.165) is 36.3 Å². The number of rotatable bonds is 13. The molecule has 5 heteroatoms. The zero-order valence-electron chi connectivity index (χ0n) is 20.2. The fourth-order valence-corrected chi connectivity index (χ4v) is 4.29. The van der Waals surface area contributed by atoms with E-state index >= 15 is 0 Å². The van der Waals surface area contributed by atoms with Crippen molar-refractivity contribution in [1.82, 2.24) is 4.90 Å². The molecular weight excluding hydrogens is 412 g/mol. The zero-order valence-corrected chi connectivity index (χ0v) is 20.2. The molecule has 0 aromatic heterocycles. The lowest BCUT2D eigenvalue weighted by Gasteiger charge is -2.25. The number of carbonyl (C=O) groups excluding carboxylic acids is 2. The second kappa shape index (κ2) is 12.2. The molecule has 1 heterocycles. The molecule has 1 aliphatic heterocycles. The third-order valence-electron chi connectivity index (χ3n) is 5.99. The summed E-state index contributed by atoms with van der Waals surface area (Å²) in [7, 11) is 0. The van der Waals surface area contributed by atoms with E-state index in [1.165, 1.54) is 24.2 Å². The van der Waals surface area contributed by atoms with Gasteiger partial charge in [-0.25, -0.2) is 0 Å². The van der Waals surface area contributed by atoms with Gasteiger partial charge < -0.3 is 9.64 Å². The molecule has 0 atom stereocenters. The molecule has 0 radical (unpaired) electrons. The maximum atomic E-state index is 13.6. The summed E-state index contributed by atoms with van der Waals surface area (Å²) in [4.78, 5) is 30.5. The van der Waals surface area contributed by atoms with Gasteiger partial charge in [-0.2, -0.15) is 0 Å². The van der Waals surface area contributed by atoms with Gasteiger partial charge in [0.05, 0.1) is 12.2 Å². The van der Waals surface area contributed by atoms with Gasteiger partial charge in [0.2, 0.25) is 0 Å². The van der Waals surface area contributed by atoms with Crippen LogP contribution in [0.5, 0.6) is 5.75 Å². The predicted molar refractivity (Wildman–Crippen MR) is 134 cm³/mol. The first kappa shape index (κ1) is 24.6. The lowest BCUT2D eigenvalue weighted by atomic mass is 10.0. The van der Waals surface area contributed by atoms with Crippen molar-refractivity contribution in [2.24, 2.45) is 0 Å². The first-order valence-corrected chi connectivity index (χ1v) is 12.3. The van der Waals surface area contributed by atoms with Gasteiger partial charge in [0.15, 0.2) is 0 Å². The molecule has 176 valence electrons. The standard InChI is InChI=1S/C28H36N2O3/c1-4-7-8-9-10-14-21-30-27(31)25(22-17-19-24(20-18-22)33-6-3)26(28(30)32)29(5-2)23-15-12-11-13-16-23/h11-13,15-20H,4-10,14,21H2,1-3H3. The number of para-hydroxylation sites is 1. The minimum Gasteiger partial charge on any atom is -0.494 e. The van der Waals surface area contributed by atoms with Crippen molar-refractivity contribution < 1.29 is 14.3 Å². The van der Waals surface area contributed by atoms with Gasteiger partial charge in [-0.1, -0.05) is 69.4 Å². The van der Waals surface area contributed by atoms with Crippen molar-refractivity contribution in [3.05, 3.63) is 65.9 Å². The van der Waals surface area contributed by atoms with Crippen LogP contribution < -0.4 is 9.64 Å². The van der Waals surface area contributed by atoms with E-state index in [1.54, 1.807) is 0 Å². The van der Waals surface area contributed by atoms with E-state index in [0.29, 0.717) is 31.0 Å². The van der Waals surface area contributed by atoms with Crippen LogP contribution in [-0.4, -0.2) is 36.4 Å². The quantitative estimate of drug-likeness (QED) is 0.276. The van der Waals surface area contributed by atoms with Gasteiger partial charge in [0, 0.05) is 18.8 Å². The van der Waals surface area contributed by atoms with Crippen LogP contribution in [0.3, 0.4) is 0 Å². The van der Waals surface area contributed by atoms with Crippen LogP contribution >= 0.6 is 0 Å². The first-order valence-electron chi connectivity index (χ1n) is 12.3. The molecule has 1 aliphatic rings. The summed E-state index contributed by atoms with van der Waals surface area (Å²) in [5.74, 6) is 0.338. The number of carbonyl (C=O) groups is 2. The Kier molecular flexibility index (Phi) is 9.11. The van der Waals surface area contributed by atoms with E-state index in [1.807, 2.05) is 73.3 Å². The number of ether oxygens (including phenoxy) is 1. The molecule has 0 N–H and O–H groups in total. The van der Waals surface area contributed by atoms with Gasteiger partial charge in [-0.3, -0.25) is 14.5 Å². The minimum absolute atomic E-state index is 0.205. The lowest BCUT2D eigenvalue weighted by molar-refractivity contribution is -0.137. The molecule has 2 aromatic rings. The topological polar surface area (TPSA) is 49.9 Å². The molecule has 3 rings (SSSR count). The lowest BCUT2D eigenvalue weighted by Crippen LogP contribution is -2.36. The summed E-state index contributed by atoms with van der Waals surface area (Å²) < 4.78 is 5.56. The summed E-state index contributed by atoms with van der Waals surface area (Å²) in [6, 6.07) is 17.3. The Balaban J connectivity index is 1.91. The van der Waals surface area contributed by atoms with Crippen molar-refractivity contribution in [1.29, 1.82) is 0 Å². The third kappa shape index (κ3) is 5.84. The van der Waals surface area contributed by atoms with Crippen LogP contribution in [0.1, 0.15) is 64.9 Å². The van der Waals surface area contributed by atoms with Crippen molar-refractivity contribution in [2.75, 3.05) is 24.6 Å². The molecule has 0 fully saturated rings. The number of unbranched alkanes of at least 4 members (excludes halogenated alkanes) is 5. The zero-order chi connectivity index (χ0) is 23.6. The number of nitrogens with zero attached hydrogens (tertiary/aromatic N) is 2. The number of benzene rings is 2. The first-order chi connectivity index (χ1) is 16.1. The molecule has 0 saturated carbocycles. The SMILES string of the molecule is CCCCCCCCN1C(=O)C(c2ccc(OCC)cc2)=C(N(CC)c2ccccc2)C1=O.